The molecule has 0 fully saturated rings. The highest BCUT2D eigenvalue weighted by atomic mass is 15.1. The smallest absolute Gasteiger partial charge is 0.0924 e. The molecule has 3 rings (SSSR count). The molecule has 0 atom stereocenters. The lowest BCUT2D eigenvalue weighted by Crippen LogP contribution is -1.90. The van der Waals surface area contributed by atoms with Crippen molar-refractivity contribution in [2.75, 3.05) is 5.73 Å². The normalized spacial score (nSPS) is 10.6. The number of nitrogens with one attached hydrogen (secondary N) is 1. The van der Waals surface area contributed by atoms with E-state index in [4.69, 9.17) is 5.73 Å². The molecule has 0 unspecified atom stereocenters. The van der Waals surface area contributed by atoms with Gasteiger partial charge in [-0.3, -0.25) is 5.10 Å². The Bertz CT molecular complexity index is 686. The third-order valence-corrected chi connectivity index (χ3v) is 3.34. The Morgan fingerprint density at radius 2 is 1.75 bits per heavy atom. The molecule has 3 heteroatoms. The molecule has 0 aliphatic carbocycles. The van der Waals surface area contributed by atoms with E-state index in [1.165, 1.54) is 5.56 Å². The summed E-state index contributed by atoms with van der Waals surface area (Å²) in [4.78, 5) is 0. The Labute approximate surface area is 118 Å². The SMILES string of the molecule is Nc1cccc(-c2cc(CCc3ccccc3)[nH]n2)c1. The highest BCUT2D eigenvalue weighted by molar-refractivity contribution is 5.64. The summed E-state index contributed by atoms with van der Waals surface area (Å²) in [5.74, 6) is 0. The molecule has 0 saturated heterocycles. The van der Waals surface area contributed by atoms with Gasteiger partial charge >= 0.3 is 0 Å². The first-order valence-electron chi connectivity index (χ1n) is 6.75. The van der Waals surface area contributed by atoms with Gasteiger partial charge in [-0.05, 0) is 36.6 Å². The molecule has 3 nitrogen and oxygen atoms in total. The monoisotopic (exact) mass is 263 g/mol. The number of anilines is 1. The minimum Gasteiger partial charge on any atom is -0.399 e. The zero-order chi connectivity index (χ0) is 13.8. The van der Waals surface area contributed by atoms with Crippen molar-refractivity contribution in [3.63, 3.8) is 0 Å². The number of nitrogen functional groups attached to an aromatic ring is 1. The van der Waals surface area contributed by atoms with Gasteiger partial charge in [-0.1, -0.05) is 42.5 Å². The van der Waals surface area contributed by atoms with Crippen LogP contribution in [0.2, 0.25) is 0 Å². The number of benzene rings is 2. The summed E-state index contributed by atoms with van der Waals surface area (Å²) in [6.45, 7) is 0. The van der Waals surface area contributed by atoms with E-state index in [0.717, 1.165) is 35.5 Å². The fraction of sp³-hybridized carbons (Fsp3) is 0.118. The zero-order valence-corrected chi connectivity index (χ0v) is 11.2. The summed E-state index contributed by atoms with van der Waals surface area (Å²) in [5, 5.41) is 7.46. The van der Waals surface area contributed by atoms with Gasteiger partial charge in [0.1, 0.15) is 0 Å². The van der Waals surface area contributed by atoms with Crippen molar-refractivity contribution in [3.8, 4) is 11.3 Å². The van der Waals surface area contributed by atoms with Crippen LogP contribution in [0.25, 0.3) is 11.3 Å². The quantitative estimate of drug-likeness (QED) is 0.708. The van der Waals surface area contributed by atoms with Crippen LogP contribution in [0, 0.1) is 0 Å². The average molecular weight is 263 g/mol. The van der Waals surface area contributed by atoms with Crippen LogP contribution in [0.3, 0.4) is 0 Å². The molecular weight excluding hydrogens is 246 g/mol. The largest absolute Gasteiger partial charge is 0.399 e. The summed E-state index contributed by atoms with van der Waals surface area (Å²) in [7, 11) is 0. The number of hydrogen-bond acceptors (Lipinski definition) is 2. The second-order valence-electron chi connectivity index (χ2n) is 4.89. The van der Waals surface area contributed by atoms with Crippen LogP contribution in [0.5, 0.6) is 0 Å². The van der Waals surface area contributed by atoms with E-state index < -0.39 is 0 Å². The molecule has 0 radical (unpaired) electrons. The number of rotatable bonds is 4. The van der Waals surface area contributed by atoms with E-state index in [1.807, 2.05) is 30.3 Å². The Balaban J connectivity index is 1.71. The Morgan fingerprint density at radius 3 is 2.55 bits per heavy atom. The van der Waals surface area contributed by atoms with Crippen LogP contribution in [-0.4, -0.2) is 10.2 Å². The molecule has 0 bridgehead atoms. The first-order chi connectivity index (χ1) is 9.81. The minimum absolute atomic E-state index is 0.760. The van der Waals surface area contributed by atoms with E-state index in [1.54, 1.807) is 0 Å². The fourth-order valence-electron chi connectivity index (χ4n) is 2.26. The van der Waals surface area contributed by atoms with Crippen molar-refractivity contribution in [2.24, 2.45) is 0 Å². The van der Waals surface area contributed by atoms with Crippen molar-refractivity contribution in [1.29, 1.82) is 0 Å². The number of aromatic amines is 1. The molecule has 0 spiro atoms. The van der Waals surface area contributed by atoms with Crippen LogP contribution in [0.4, 0.5) is 5.69 Å². The zero-order valence-electron chi connectivity index (χ0n) is 11.2. The number of aromatic nitrogens is 2. The van der Waals surface area contributed by atoms with E-state index in [0.29, 0.717) is 0 Å². The van der Waals surface area contributed by atoms with Gasteiger partial charge in [0, 0.05) is 16.9 Å². The van der Waals surface area contributed by atoms with Crippen LogP contribution >= 0.6 is 0 Å². The molecule has 1 heterocycles. The molecule has 1 aromatic heterocycles. The lowest BCUT2D eigenvalue weighted by Gasteiger charge is -1.98. The molecule has 20 heavy (non-hydrogen) atoms. The summed E-state index contributed by atoms with van der Waals surface area (Å²) in [5.41, 5.74) is 11.0. The molecule has 0 aliphatic rings. The fourth-order valence-corrected chi connectivity index (χ4v) is 2.26. The summed E-state index contributed by atoms with van der Waals surface area (Å²) >= 11 is 0. The van der Waals surface area contributed by atoms with Crippen molar-refractivity contribution >= 4 is 5.69 Å². The highest BCUT2D eigenvalue weighted by Gasteiger charge is 2.04. The second-order valence-corrected chi connectivity index (χ2v) is 4.89. The number of nitrogens with zero attached hydrogens (tertiary/aromatic N) is 1. The van der Waals surface area contributed by atoms with E-state index in [2.05, 4.69) is 40.5 Å². The van der Waals surface area contributed by atoms with Gasteiger partial charge in [0.15, 0.2) is 0 Å². The van der Waals surface area contributed by atoms with E-state index in [9.17, 15) is 0 Å². The predicted molar refractivity (Wildman–Crippen MR) is 82.3 cm³/mol. The molecule has 0 amide bonds. The number of nitrogens with two attached hydrogens (primary N) is 1. The van der Waals surface area contributed by atoms with Gasteiger partial charge in [-0.2, -0.15) is 5.10 Å². The predicted octanol–water partition coefficient (Wildman–Crippen LogP) is 3.44. The minimum atomic E-state index is 0.760. The number of hydrogen-bond donors (Lipinski definition) is 2. The molecule has 100 valence electrons. The maximum absolute atomic E-state index is 5.80. The molecule has 0 aliphatic heterocycles. The molecule has 3 aromatic rings. The highest BCUT2D eigenvalue weighted by Crippen LogP contribution is 2.20. The topological polar surface area (TPSA) is 54.7 Å². The third kappa shape index (κ3) is 2.88. The lowest BCUT2D eigenvalue weighted by molar-refractivity contribution is 0.893. The molecule has 2 aromatic carbocycles. The van der Waals surface area contributed by atoms with Gasteiger partial charge in [-0.25, -0.2) is 0 Å². The average Bonchev–Trinajstić information content (AvgIpc) is 2.95. The van der Waals surface area contributed by atoms with Crippen LogP contribution < -0.4 is 5.73 Å². The van der Waals surface area contributed by atoms with Crippen LogP contribution in [-0.2, 0) is 12.8 Å². The van der Waals surface area contributed by atoms with E-state index in [-0.39, 0.29) is 0 Å². The summed E-state index contributed by atoms with van der Waals surface area (Å²) in [6, 6.07) is 20.4. The maximum atomic E-state index is 5.80. The summed E-state index contributed by atoms with van der Waals surface area (Å²) in [6.07, 6.45) is 1.97. The van der Waals surface area contributed by atoms with E-state index >= 15 is 0 Å². The number of aryl methyl sites for hydroxylation is 2. The van der Waals surface area contributed by atoms with Crippen LogP contribution in [0.1, 0.15) is 11.3 Å². The van der Waals surface area contributed by atoms with Gasteiger partial charge in [0.05, 0.1) is 5.69 Å². The number of H-pyrrole nitrogens is 1. The van der Waals surface area contributed by atoms with Crippen molar-refractivity contribution in [2.45, 2.75) is 12.8 Å². The van der Waals surface area contributed by atoms with Crippen molar-refractivity contribution in [3.05, 3.63) is 71.9 Å². The van der Waals surface area contributed by atoms with Gasteiger partial charge in [0.25, 0.3) is 0 Å². The lowest BCUT2D eigenvalue weighted by atomic mass is 10.1. The maximum Gasteiger partial charge on any atom is 0.0924 e. The third-order valence-electron chi connectivity index (χ3n) is 3.34. The summed E-state index contributed by atoms with van der Waals surface area (Å²) < 4.78 is 0. The van der Waals surface area contributed by atoms with Crippen LogP contribution in [0.15, 0.2) is 60.7 Å². The molecule has 3 N–H and O–H groups in total. The van der Waals surface area contributed by atoms with Crippen molar-refractivity contribution in [1.82, 2.24) is 10.2 Å². The Morgan fingerprint density at radius 1 is 0.900 bits per heavy atom. The Kier molecular flexibility index (Phi) is 3.50. The van der Waals surface area contributed by atoms with Gasteiger partial charge in [0.2, 0.25) is 0 Å². The van der Waals surface area contributed by atoms with Gasteiger partial charge in [-0.15, -0.1) is 0 Å². The molecule has 0 saturated carbocycles. The standard InChI is InChI=1S/C17H17N3/c18-15-8-4-7-14(11-15)17-12-16(19-20-17)10-9-13-5-2-1-3-6-13/h1-8,11-12H,9-10,18H2,(H,19,20). The Hall–Kier alpha value is -2.55. The van der Waals surface area contributed by atoms with Gasteiger partial charge < -0.3 is 5.73 Å². The second kappa shape index (κ2) is 5.61. The first-order valence-corrected chi connectivity index (χ1v) is 6.75. The van der Waals surface area contributed by atoms with Crippen molar-refractivity contribution < 1.29 is 0 Å². The first kappa shape index (κ1) is 12.5. The molecular formula is C17H17N3.